The number of nitrogens with two attached hydrogens (primary N) is 1. The van der Waals surface area contributed by atoms with E-state index in [1.54, 1.807) is 20.1 Å². The summed E-state index contributed by atoms with van der Waals surface area (Å²) in [7, 11) is 1.61. The third kappa shape index (κ3) is 2.70. The van der Waals surface area contributed by atoms with Crippen LogP contribution in [-0.4, -0.2) is 36.9 Å². The molecule has 0 aromatic heterocycles. The van der Waals surface area contributed by atoms with Gasteiger partial charge in [0.05, 0.1) is 0 Å². The maximum absolute atomic E-state index is 11.6. The van der Waals surface area contributed by atoms with Gasteiger partial charge in [0.2, 0.25) is 0 Å². The number of rotatable bonds is 4. The standard InChI is InChI=1S/C11H17N3O2/c1-8(12)9-4-5-10(15)14(11(9)13)6-3-7-16-2/h4-5,13H,3,6-7,12H2,1-2H3/b9-8-,13-11?. The van der Waals surface area contributed by atoms with Gasteiger partial charge in [0.25, 0.3) is 5.91 Å². The van der Waals surface area contributed by atoms with E-state index in [1.165, 1.54) is 11.0 Å². The Bertz CT molecular complexity index is 354. The Hall–Kier alpha value is -1.62. The summed E-state index contributed by atoms with van der Waals surface area (Å²) >= 11 is 0. The van der Waals surface area contributed by atoms with Crippen LogP contribution in [-0.2, 0) is 9.53 Å². The van der Waals surface area contributed by atoms with Gasteiger partial charge in [-0.2, -0.15) is 0 Å². The first kappa shape index (κ1) is 12.4. The van der Waals surface area contributed by atoms with Gasteiger partial charge in [-0.3, -0.25) is 15.1 Å². The molecule has 0 saturated carbocycles. The quantitative estimate of drug-likeness (QED) is 0.686. The van der Waals surface area contributed by atoms with E-state index in [0.29, 0.717) is 30.8 Å². The van der Waals surface area contributed by atoms with E-state index >= 15 is 0 Å². The lowest BCUT2D eigenvalue weighted by atomic mass is 10.1. The van der Waals surface area contributed by atoms with Crippen LogP contribution < -0.4 is 5.73 Å². The summed E-state index contributed by atoms with van der Waals surface area (Å²) in [6.07, 6.45) is 3.73. The smallest absolute Gasteiger partial charge is 0.252 e. The average molecular weight is 223 g/mol. The molecule has 16 heavy (non-hydrogen) atoms. The van der Waals surface area contributed by atoms with Crippen molar-refractivity contribution in [1.29, 1.82) is 5.41 Å². The third-order valence-electron chi connectivity index (χ3n) is 2.34. The van der Waals surface area contributed by atoms with Crippen molar-refractivity contribution in [3.63, 3.8) is 0 Å². The molecule has 5 heteroatoms. The predicted molar refractivity (Wildman–Crippen MR) is 62.0 cm³/mol. The van der Waals surface area contributed by atoms with E-state index in [-0.39, 0.29) is 11.7 Å². The molecule has 5 nitrogen and oxygen atoms in total. The van der Waals surface area contributed by atoms with Crippen molar-refractivity contribution in [2.45, 2.75) is 13.3 Å². The first-order valence-electron chi connectivity index (χ1n) is 5.11. The molecule has 3 N–H and O–H groups in total. The molecule has 1 rings (SSSR count). The minimum absolute atomic E-state index is 0.170. The highest BCUT2D eigenvalue weighted by molar-refractivity contribution is 6.14. The molecule has 0 bridgehead atoms. The van der Waals surface area contributed by atoms with E-state index in [2.05, 4.69) is 0 Å². The number of amides is 1. The highest BCUT2D eigenvalue weighted by Crippen LogP contribution is 2.14. The van der Waals surface area contributed by atoms with E-state index in [4.69, 9.17) is 15.9 Å². The minimum atomic E-state index is -0.175. The molecule has 88 valence electrons. The lowest BCUT2D eigenvalue weighted by molar-refractivity contribution is -0.122. The number of nitrogens with one attached hydrogen (secondary N) is 1. The second kappa shape index (κ2) is 5.46. The summed E-state index contributed by atoms with van der Waals surface area (Å²) in [5, 5.41) is 7.87. The van der Waals surface area contributed by atoms with E-state index in [9.17, 15) is 4.79 Å². The van der Waals surface area contributed by atoms with Crippen molar-refractivity contribution >= 4 is 11.7 Å². The molecule has 0 atom stereocenters. The molecule has 0 unspecified atom stereocenters. The van der Waals surface area contributed by atoms with E-state index < -0.39 is 0 Å². The zero-order chi connectivity index (χ0) is 12.1. The van der Waals surface area contributed by atoms with Crippen molar-refractivity contribution < 1.29 is 9.53 Å². The van der Waals surface area contributed by atoms with Gasteiger partial charge in [-0.15, -0.1) is 0 Å². The molecule has 0 radical (unpaired) electrons. The first-order valence-corrected chi connectivity index (χ1v) is 5.11. The zero-order valence-electron chi connectivity index (χ0n) is 9.62. The monoisotopic (exact) mass is 223 g/mol. The summed E-state index contributed by atoms with van der Waals surface area (Å²) in [5.74, 6) is -0.00490. The van der Waals surface area contributed by atoms with Gasteiger partial charge in [0.1, 0.15) is 5.84 Å². The molecule has 1 aliphatic heterocycles. The van der Waals surface area contributed by atoms with E-state index in [0.717, 1.165) is 0 Å². The zero-order valence-corrected chi connectivity index (χ0v) is 9.62. The predicted octanol–water partition coefficient (Wildman–Crippen LogP) is 0.631. The van der Waals surface area contributed by atoms with Crippen molar-refractivity contribution in [2.75, 3.05) is 20.3 Å². The molecule has 0 spiro atoms. The fraction of sp³-hybridized carbons (Fsp3) is 0.455. The second-order valence-corrected chi connectivity index (χ2v) is 3.61. The van der Waals surface area contributed by atoms with Crippen LogP contribution in [0.25, 0.3) is 0 Å². The fourth-order valence-electron chi connectivity index (χ4n) is 1.49. The van der Waals surface area contributed by atoms with Gasteiger partial charge in [0, 0.05) is 37.6 Å². The molecule has 0 aliphatic carbocycles. The Morgan fingerprint density at radius 2 is 2.25 bits per heavy atom. The maximum atomic E-state index is 11.6. The molecular weight excluding hydrogens is 206 g/mol. The number of hydrogen-bond donors (Lipinski definition) is 2. The van der Waals surface area contributed by atoms with Gasteiger partial charge in [-0.05, 0) is 19.4 Å². The summed E-state index contributed by atoms with van der Waals surface area (Å²) in [4.78, 5) is 13.0. The number of methoxy groups -OCH3 is 1. The van der Waals surface area contributed by atoms with Crippen LogP contribution in [0.4, 0.5) is 0 Å². The van der Waals surface area contributed by atoms with Crippen molar-refractivity contribution in [1.82, 2.24) is 4.90 Å². The van der Waals surface area contributed by atoms with Crippen LogP contribution in [0.15, 0.2) is 23.4 Å². The van der Waals surface area contributed by atoms with Gasteiger partial charge < -0.3 is 10.5 Å². The van der Waals surface area contributed by atoms with Crippen LogP contribution in [0.1, 0.15) is 13.3 Å². The van der Waals surface area contributed by atoms with Gasteiger partial charge in [0.15, 0.2) is 0 Å². The SMILES string of the molecule is COCCCN1C(=N)/C(=C(/C)N)C=CC1=O. The molecule has 0 aromatic carbocycles. The number of carbonyl (C=O) groups excluding carboxylic acids is 1. The maximum Gasteiger partial charge on any atom is 0.252 e. The van der Waals surface area contributed by atoms with Crippen LogP contribution in [0.5, 0.6) is 0 Å². The molecule has 0 saturated heterocycles. The minimum Gasteiger partial charge on any atom is -0.402 e. The van der Waals surface area contributed by atoms with Gasteiger partial charge in [-0.25, -0.2) is 0 Å². The summed E-state index contributed by atoms with van der Waals surface area (Å²) < 4.78 is 4.91. The van der Waals surface area contributed by atoms with Gasteiger partial charge in [-0.1, -0.05) is 0 Å². The molecular formula is C11H17N3O2. The highest BCUT2D eigenvalue weighted by Gasteiger charge is 2.23. The highest BCUT2D eigenvalue weighted by atomic mass is 16.5. The van der Waals surface area contributed by atoms with E-state index in [1.807, 2.05) is 0 Å². The largest absolute Gasteiger partial charge is 0.402 e. The summed E-state index contributed by atoms with van der Waals surface area (Å²) in [6, 6.07) is 0. The first-order chi connectivity index (χ1) is 7.57. The van der Waals surface area contributed by atoms with Crippen molar-refractivity contribution in [2.24, 2.45) is 5.73 Å². The van der Waals surface area contributed by atoms with Crippen LogP contribution >= 0.6 is 0 Å². The third-order valence-corrected chi connectivity index (χ3v) is 2.34. The average Bonchev–Trinajstić information content (AvgIpc) is 2.22. The Labute approximate surface area is 95.1 Å². The molecule has 1 amide bonds. The Balaban J connectivity index is 2.78. The van der Waals surface area contributed by atoms with Crippen LogP contribution in [0.3, 0.4) is 0 Å². The molecule has 0 aromatic rings. The fourth-order valence-corrected chi connectivity index (χ4v) is 1.49. The number of hydrogen-bond acceptors (Lipinski definition) is 4. The number of allylic oxidation sites excluding steroid dienone is 1. The topological polar surface area (TPSA) is 79.4 Å². The second-order valence-electron chi connectivity index (χ2n) is 3.61. The van der Waals surface area contributed by atoms with Gasteiger partial charge >= 0.3 is 0 Å². The normalized spacial score (nSPS) is 19.2. The van der Waals surface area contributed by atoms with Crippen molar-refractivity contribution in [3.05, 3.63) is 23.4 Å². The number of ether oxygens (including phenoxy) is 1. The Morgan fingerprint density at radius 3 is 2.81 bits per heavy atom. The Morgan fingerprint density at radius 1 is 1.56 bits per heavy atom. The van der Waals surface area contributed by atoms with Crippen molar-refractivity contribution in [3.8, 4) is 0 Å². The number of carbonyl (C=O) groups is 1. The van der Waals surface area contributed by atoms with Crippen LogP contribution in [0.2, 0.25) is 0 Å². The molecule has 1 heterocycles. The lowest BCUT2D eigenvalue weighted by Crippen LogP contribution is -2.40. The number of amidine groups is 1. The Kier molecular flexibility index (Phi) is 4.25. The molecule has 0 fully saturated rings. The lowest BCUT2D eigenvalue weighted by Gasteiger charge is -2.26. The summed E-state index contributed by atoms with van der Waals surface area (Å²) in [5.41, 5.74) is 6.80. The number of nitrogens with zero attached hydrogens (tertiary/aromatic N) is 1. The molecule has 1 aliphatic rings. The summed E-state index contributed by atoms with van der Waals surface area (Å²) in [6.45, 7) is 2.77. The van der Waals surface area contributed by atoms with Crippen LogP contribution in [0, 0.1) is 5.41 Å².